The van der Waals surface area contributed by atoms with Crippen molar-refractivity contribution in [3.05, 3.63) is 0 Å². The number of quaternary nitrogens is 1. The van der Waals surface area contributed by atoms with Gasteiger partial charge in [-0.05, 0) is 0 Å². The number of hydrogen-bond acceptors (Lipinski definition) is 1. The molecule has 0 saturated carbocycles. The Kier molecular flexibility index (Phi) is 2.65. The number of nitrogens with two attached hydrogens (primary N) is 1. The Bertz CT molecular complexity index is 104. The summed E-state index contributed by atoms with van der Waals surface area (Å²) in [4.78, 5) is 10.3. The number of rotatable bonds is 3. The molecule has 0 fully saturated rings. The van der Waals surface area contributed by atoms with E-state index < -0.39 is 0 Å². The van der Waals surface area contributed by atoms with Crippen LogP contribution < -0.4 is 5.73 Å². The molecular formula is C6H15N2O+. The van der Waals surface area contributed by atoms with Crippen LogP contribution in [0.15, 0.2) is 0 Å². The molecule has 0 saturated heterocycles. The maximum Gasteiger partial charge on any atom is 0.223 e. The Labute approximate surface area is 56.0 Å². The summed E-state index contributed by atoms with van der Waals surface area (Å²) in [7, 11) is 6.09. The maximum atomic E-state index is 10.3. The minimum atomic E-state index is -0.219. The van der Waals surface area contributed by atoms with Gasteiger partial charge >= 0.3 is 0 Å². The van der Waals surface area contributed by atoms with E-state index in [-0.39, 0.29) is 5.91 Å². The lowest BCUT2D eigenvalue weighted by atomic mass is 10.4. The Hall–Kier alpha value is -0.570. The van der Waals surface area contributed by atoms with Crippen LogP contribution >= 0.6 is 0 Å². The van der Waals surface area contributed by atoms with Crippen molar-refractivity contribution in [2.75, 3.05) is 27.7 Å². The van der Waals surface area contributed by atoms with Crippen molar-refractivity contribution in [2.24, 2.45) is 5.73 Å². The zero-order valence-electron chi connectivity index (χ0n) is 6.35. The lowest BCUT2D eigenvalue weighted by Gasteiger charge is -2.22. The van der Waals surface area contributed by atoms with Crippen LogP contribution in [0.3, 0.4) is 0 Å². The molecule has 0 spiro atoms. The normalized spacial score (nSPS) is 11.4. The largest absolute Gasteiger partial charge is 0.369 e. The molecule has 3 nitrogen and oxygen atoms in total. The molecule has 0 aromatic heterocycles. The van der Waals surface area contributed by atoms with Crippen molar-refractivity contribution in [2.45, 2.75) is 6.42 Å². The molecule has 0 radical (unpaired) electrons. The number of nitrogens with zero attached hydrogens (tertiary/aromatic N) is 1. The van der Waals surface area contributed by atoms with Gasteiger partial charge in [-0.25, -0.2) is 0 Å². The minimum Gasteiger partial charge on any atom is -0.369 e. The average molecular weight is 131 g/mol. The van der Waals surface area contributed by atoms with Crippen molar-refractivity contribution >= 4 is 5.91 Å². The van der Waals surface area contributed by atoms with Crippen LogP contribution in [0.2, 0.25) is 0 Å². The fourth-order valence-electron chi connectivity index (χ4n) is 0.446. The minimum absolute atomic E-state index is 0.219. The molecule has 0 heterocycles. The Morgan fingerprint density at radius 2 is 1.89 bits per heavy atom. The van der Waals surface area contributed by atoms with Crippen molar-refractivity contribution < 1.29 is 9.28 Å². The summed E-state index contributed by atoms with van der Waals surface area (Å²) in [5, 5.41) is 0. The predicted molar refractivity (Wildman–Crippen MR) is 36.7 cm³/mol. The van der Waals surface area contributed by atoms with Crippen molar-refractivity contribution in [3.63, 3.8) is 0 Å². The standard InChI is InChI=1S/C6H14N2O/c1-8(2,3)5-4-6(7)9/h4-5H2,1-3H3,(H-,7,9)/p+1. The number of carbonyl (C=O) groups is 1. The van der Waals surface area contributed by atoms with Crippen LogP contribution in [0, 0.1) is 0 Å². The summed E-state index contributed by atoms with van der Waals surface area (Å²) in [6.45, 7) is 0.815. The third kappa shape index (κ3) is 7.43. The van der Waals surface area contributed by atoms with Gasteiger partial charge in [0.15, 0.2) is 0 Å². The third-order valence-electron chi connectivity index (χ3n) is 1.03. The first-order chi connectivity index (χ1) is 3.92. The highest BCUT2D eigenvalue weighted by atomic mass is 16.1. The molecule has 0 bridgehead atoms. The number of primary amides is 1. The molecule has 1 amide bonds. The molecular weight excluding hydrogens is 116 g/mol. The first-order valence-electron chi connectivity index (χ1n) is 3.00. The summed E-state index contributed by atoms with van der Waals surface area (Å²) in [6.07, 6.45) is 0.476. The molecule has 0 rings (SSSR count). The maximum absolute atomic E-state index is 10.3. The zero-order valence-corrected chi connectivity index (χ0v) is 6.35. The van der Waals surface area contributed by atoms with Gasteiger partial charge in [-0.3, -0.25) is 4.79 Å². The highest BCUT2D eigenvalue weighted by molar-refractivity contribution is 5.73. The van der Waals surface area contributed by atoms with Gasteiger partial charge < -0.3 is 10.2 Å². The first-order valence-corrected chi connectivity index (χ1v) is 3.00. The number of carbonyl (C=O) groups excluding carboxylic acids is 1. The number of amides is 1. The van der Waals surface area contributed by atoms with Gasteiger partial charge in [0.05, 0.1) is 34.1 Å². The summed E-state index contributed by atoms with van der Waals surface area (Å²) >= 11 is 0. The summed E-state index contributed by atoms with van der Waals surface area (Å²) in [5.41, 5.74) is 4.95. The molecule has 3 heteroatoms. The Morgan fingerprint density at radius 3 is 2.00 bits per heavy atom. The average Bonchev–Trinajstić information content (AvgIpc) is 1.59. The van der Waals surface area contributed by atoms with E-state index >= 15 is 0 Å². The second-order valence-electron chi connectivity index (χ2n) is 3.23. The molecule has 0 unspecified atom stereocenters. The molecule has 0 aromatic carbocycles. The zero-order chi connectivity index (χ0) is 7.49. The highest BCUT2D eigenvalue weighted by Crippen LogP contribution is 1.91. The highest BCUT2D eigenvalue weighted by Gasteiger charge is 2.07. The SMILES string of the molecule is C[N+](C)(C)CCC(N)=O. The Balaban J connectivity index is 3.39. The van der Waals surface area contributed by atoms with Gasteiger partial charge in [-0.15, -0.1) is 0 Å². The lowest BCUT2D eigenvalue weighted by Crippen LogP contribution is -2.37. The fourth-order valence-corrected chi connectivity index (χ4v) is 0.446. The van der Waals surface area contributed by atoms with Crippen LogP contribution in [0.5, 0.6) is 0 Å². The van der Waals surface area contributed by atoms with E-state index in [0.29, 0.717) is 6.42 Å². The molecule has 54 valence electrons. The predicted octanol–water partition coefficient (Wildman–Crippen LogP) is -0.432. The molecule has 2 N–H and O–H groups in total. The van der Waals surface area contributed by atoms with Crippen LogP contribution in [-0.2, 0) is 4.79 Å². The van der Waals surface area contributed by atoms with Gasteiger partial charge in [-0.2, -0.15) is 0 Å². The number of hydrogen-bond donors (Lipinski definition) is 1. The van der Waals surface area contributed by atoms with Gasteiger partial charge in [0.2, 0.25) is 5.91 Å². The topological polar surface area (TPSA) is 43.1 Å². The lowest BCUT2D eigenvalue weighted by molar-refractivity contribution is -0.869. The van der Waals surface area contributed by atoms with E-state index in [1.54, 1.807) is 0 Å². The first kappa shape index (κ1) is 8.43. The van der Waals surface area contributed by atoms with Crippen LogP contribution in [0.1, 0.15) is 6.42 Å². The monoisotopic (exact) mass is 131 g/mol. The molecule has 0 aromatic rings. The second kappa shape index (κ2) is 2.82. The summed E-state index contributed by atoms with van der Waals surface area (Å²) in [5.74, 6) is -0.219. The molecule has 0 aliphatic carbocycles. The quantitative estimate of drug-likeness (QED) is 0.519. The fraction of sp³-hybridized carbons (Fsp3) is 0.833. The van der Waals surface area contributed by atoms with E-state index in [4.69, 9.17) is 5.73 Å². The molecule has 0 aliphatic rings. The van der Waals surface area contributed by atoms with E-state index in [0.717, 1.165) is 11.0 Å². The third-order valence-corrected chi connectivity index (χ3v) is 1.03. The van der Waals surface area contributed by atoms with E-state index in [2.05, 4.69) is 0 Å². The summed E-state index contributed by atoms with van der Waals surface area (Å²) in [6, 6.07) is 0. The van der Waals surface area contributed by atoms with Gasteiger partial charge in [0, 0.05) is 0 Å². The molecule has 0 aliphatic heterocycles. The molecule has 9 heavy (non-hydrogen) atoms. The van der Waals surface area contributed by atoms with Crippen LogP contribution in [0.4, 0.5) is 0 Å². The van der Waals surface area contributed by atoms with Crippen molar-refractivity contribution in [3.8, 4) is 0 Å². The van der Waals surface area contributed by atoms with Gasteiger partial charge in [-0.1, -0.05) is 0 Å². The van der Waals surface area contributed by atoms with Crippen LogP contribution in [0.25, 0.3) is 0 Å². The Morgan fingerprint density at radius 1 is 1.44 bits per heavy atom. The van der Waals surface area contributed by atoms with E-state index in [1.165, 1.54) is 0 Å². The van der Waals surface area contributed by atoms with E-state index in [1.807, 2.05) is 21.1 Å². The van der Waals surface area contributed by atoms with Crippen molar-refractivity contribution in [1.82, 2.24) is 0 Å². The smallest absolute Gasteiger partial charge is 0.223 e. The molecule has 0 atom stereocenters. The van der Waals surface area contributed by atoms with Gasteiger partial charge in [0.1, 0.15) is 0 Å². The van der Waals surface area contributed by atoms with Crippen molar-refractivity contribution in [1.29, 1.82) is 0 Å². The van der Waals surface area contributed by atoms with Gasteiger partial charge in [0.25, 0.3) is 0 Å². The van der Waals surface area contributed by atoms with E-state index in [9.17, 15) is 4.79 Å². The van der Waals surface area contributed by atoms with Crippen LogP contribution in [-0.4, -0.2) is 38.1 Å². The second-order valence-corrected chi connectivity index (χ2v) is 3.23. The summed E-state index contributed by atoms with van der Waals surface area (Å²) < 4.78 is 0.795.